The van der Waals surface area contributed by atoms with Crippen LogP contribution in [0.15, 0.2) is 24.4 Å². The zero-order chi connectivity index (χ0) is 23.8. The van der Waals surface area contributed by atoms with Crippen molar-refractivity contribution in [3.05, 3.63) is 52.6 Å². The van der Waals surface area contributed by atoms with E-state index in [1.165, 1.54) is 12.1 Å². The fourth-order valence-corrected chi connectivity index (χ4v) is 4.65. The number of rotatable bonds is 5. The van der Waals surface area contributed by atoms with Gasteiger partial charge in [-0.15, -0.1) is 0 Å². The van der Waals surface area contributed by atoms with Crippen LogP contribution >= 0.6 is 0 Å². The summed E-state index contributed by atoms with van der Waals surface area (Å²) in [5.41, 5.74) is 0.120. The first-order valence-electron chi connectivity index (χ1n) is 11.2. The largest absolute Gasteiger partial charge is 0.433 e. The van der Waals surface area contributed by atoms with Gasteiger partial charge < -0.3 is 19.5 Å². The Hall–Kier alpha value is -2.88. The molecule has 7 nitrogen and oxygen atoms in total. The van der Waals surface area contributed by atoms with Crippen LogP contribution in [-0.2, 0) is 24.1 Å². The first-order valence-corrected chi connectivity index (χ1v) is 11.2. The summed E-state index contributed by atoms with van der Waals surface area (Å²) < 4.78 is 47.7. The molecule has 0 radical (unpaired) electrons. The number of amides is 2. The number of pyridine rings is 1. The Bertz CT molecular complexity index is 1050. The summed E-state index contributed by atoms with van der Waals surface area (Å²) in [7, 11) is 0. The quantitative estimate of drug-likeness (QED) is 0.727. The summed E-state index contributed by atoms with van der Waals surface area (Å²) in [6.07, 6.45) is -1.45. The highest BCUT2D eigenvalue weighted by Gasteiger charge is 2.37. The van der Waals surface area contributed by atoms with Gasteiger partial charge in [0.2, 0.25) is 0 Å². The van der Waals surface area contributed by atoms with E-state index in [2.05, 4.69) is 10.3 Å². The molecule has 1 N–H and O–H groups in total. The first kappa shape index (κ1) is 23.3. The molecule has 33 heavy (non-hydrogen) atoms. The molecule has 2 atom stereocenters. The van der Waals surface area contributed by atoms with Gasteiger partial charge in [-0.05, 0) is 38.3 Å². The van der Waals surface area contributed by atoms with E-state index in [0.717, 1.165) is 19.0 Å². The van der Waals surface area contributed by atoms with Crippen LogP contribution in [0.2, 0.25) is 0 Å². The second-order valence-electron chi connectivity index (χ2n) is 8.46. The molecule has 2 aromatic heterocycles. The van der Waals surface area contributed by atoms with Crippen molar-refractivity contribution < 1.29 is 27.5 Å². The number of ether oxygens (including phenoxy) is 1. The molecule has 0 aliphatic carbocycles. The van der Waals surface area contributed by atoms with Crippen molar-refractivity contribution in [3.8, 4) is 0 Å². The molecule has 0 saturated carbocycles. The number of carbonyl (C=O) groups excluding carboxylic acids is 2. The SMILES string of the molecule is CC[C@@H](NC(=O)c1cc(C(=O)N2CCCC2C)n2c1COCC2)c1cccnc1C(F)(F)F. The number of hydrogen-bond acceptors (Lipinski definition) is 4. The van der Waals surface area contributed by atoms with Crippen LogP contribution in [0.4, 0.5) is 13.2 Å². The predicted molar refractivity (Wildman–Crippen MR) is 114 cm³/mol. The molecule has 2 aliphatic rings. The van der Waals surface area contributed by atoms with Crippen molar-refractivity contribution in [3.63, 3.8) is 0 Å². The zero-order valence-corrected chi connectivity index (χ0v) is 18.6. The molecule has 2 aliphatic heterocycles. The number of likely N-dealkylation sites (tertiary alicyclic amines) is 1. The second-order valence-corrected chi connectivity index (χ2v) is 8.46. The summed E-state index contributed by atoms with van der Waals surface area (Å²) in [5, 5.41) is 2.72. The Morgan fingerprint density at radius 3 is 2.79 bits per heavy atom. The van der Waals surface area contributed by atoms with Gasteiger partial charge in [0.25, 0.3) is 11.8 Å². The molecule has 2 amide bonds. The third-order valence-corrected chi connectivity index (χ3v) is 6.38. The molecule has 1 fully saturated rings. The van der Waals surface area contributed by atoms with Crippen LogP contribution in [0.3, 0.4) is 0 Å². The van der Waals surface area contributed by atoms with E-state index in [-0.39, 0.29) is 36.1 Å². The third kappa shape index (κ3) is 4.48. The maximum absolute atomic E-state index is 13.5. The maximum Gasteiger partial charge on any atom is 0.433 e. The number of halogens is 3. The molecule has 0 aromatic carbocycles. The number of carbonyl (C=O) groups is 2. The number of hydrogen-bond donors (Lipinski definition) is 1. The molecule has 0 bridgehead atoms. The Balaban J connectivity index is 1.65. The number of aromatic nitrogens is 2. The second kappa shape index (κ2) is 9.17. The van der Waals surface area contributed by atoms with Crippen molar-refractivity contribution in [2.24, 2.45) is 0 Å². The first-order chi connectivity index (χ1) is 15.7. The van der Waals surface area contributed by atoms with Crippen LogP contribution < -0.4 is 5.32 Å². The highest BCUT2D eigenvalue weighted by Crippen LogP contribution is 2.34. The van der Waals surface area contributed by atoms with E-state index in [1.807, 2.05) is 6.92 Å². The number of nitrogens with one attached hydrogen (secondary N) is 1. The molecule has 2 aromatic rings. The van der Waals surface area contributed by atoms with Crippen LogP contribution in [0.5, 0.6) is 0 Å². The molecular formula is C23H27F3N4O3. The fourth-order valence-electron chi connectivity index (χ4n) is 4.65. The van der Waals surface area contributed by atoms with Crippen LogP contribution in [-0.4, -0.2) is 45.5 Å². The van der Waals surface area contributed by atoms with Crippen molar-refractivity contribution in [1.29, 1.82) is 0 Å². The lowest BCUT2D eigenvalue weighted by Gasteiger charge is -2.24. The normalized spacial score (nSPS) is 19.3. The minimum atomic E-state index is -4.64. The van der Waals surface area contributed by atoms with E-state index < -0.39 is 23.8 Å². The lowest BCUT2D eigenvalue weighted by molar-refractivity contribution is -0.142. The Labute approximate surface area is 189 Å². The Morgan fingerprint density at radius 1 is 1.33 bits per heavy atom. The minimum absolute atomic E-state index is 0.0904. The summed E-state index contributed by atoms with van der Waals surface area (Å²) in [5.74, 6) is -0.678. The number of alkyl halides is 3. The summed E-state index contributed by atoms with van der Waals surface area (Å²) >= 11 is 0. The average Bonchev–Trinajstić information content (AvgIpc) is 3.40. The average molecular weight is 464 g/mol. The monoisotopic (exact) mass is 464 g/mol. The summed E-state index contributed by atoms with van der Waals surface area (Å²) in [6, 6.07) is 3.53. The van der Waals surface area contributed by atoms with Gasteiger partial charge >= 0.3 is 6.18 Å². The third-order valence-electron chi connectivity index (χ3n) is 6.38. The van der Waals surface area contributed by atoms with Gasteiger partial charge in [-0.1, -0.05) is 13.0 Å². The van der Waals surface area contributed by atoms with Crippen molar-refractivity contribution in [2.45, 2.75) is 64.5 Å². The molecule has 1 saturated heterocycles. The Kier molecular flexibility index (Phi) is 6.47. The van der Waals surface area contributed by atoms with Gasteiger partial charge in [0.05, 0.1) is 30.5 Å². The van der Waals surface area contributed by atoms with Gasteiger partial charge in [0, 0.05) is 30.9 Å². The van der Waals surface area contributed by atoms with E-state index in [4.69, 9.17) is 4.74 Å². The van der Waals surface area contributed by atoms with E-state index in [1.54, 1.807) is 22.5 Å². The van der Waals surface area contributed by atoms with Crippen LogP contribution in [0.1, 0.15) is 76.9 Å². The molecule has 4 heterocycles. The number of nitrogens with zero attached hydrogens (tertiary/aromatic N) is 3. The fraction of sp³-hybridized carbons (Fsp3) is 0.522. The van der Waals surface area contributed by atoms with E-state index in [0.29, 0.717) is 31.1 Å². The van der Waals surface area contributed by atoms with Gasteiger partial charge in [-0.2, -0.15) is 13.2 Å². The summed E-state index contributed by atoms with van der Waals surface area (Å²) in [6.45, 7) is 5.37. The van der Waals surface area contributed by atoms with Gasteiger partial charge in [0.15, 0.2) is 0 Å². The zero-order valence-electron chi connectivity index (χ0n) is 18.6. The van der Waals surface area contributed by atoms with E-state index in [9.17, 15) is 22.8 Å². The lowest BCUT2D eigenvalue weighted by atomic mass is 10.0. The van der Waals surface area contributed by atoms with Crippen LogP contribution in [0.25, 0.3) is 0 Å². The molecular weight excluding hydrogens is 437 g/mol. The molecule has 4 rings (SSSR count). The lowest BCUT2D eigenvalue weighted by Crippen LogP contribution is -2.35. The predicted octanol–water partition coefficient (Wildman–Crippen LogP) is 3.94. The van der Waals surface area contributed by atoms with Gasteiger partial charge in [0.1, 0.15) is 11.4 Å². The smallest absolute Gasteiger partial charge is 0.373 e. The van der Waals surface area contributed by atoms with Crippen molar-refractivity contribution in [2.75, 3.05) is 13.2 Å². The standard InChI is InChI=1S/C23H27F3N4O3/c1-3-17(15-7-4-8-27-20(15)23(24,25)26)28-21(31)16-12-18(30-10-11-33-13-19(16)30)22(32)29-9-5-6-14(29)2/h4,7-8,12,14,17H,3,5-6,9-11,13H2,1-2H3,(H,28,31)/t14?,17-/m1/s1. The van der Waals surface area contributed by atoms with Gasteiger partial charge in [-0.25, -0.2) is 0 Å². The van der Waals surface area contributed by atoms with E-state index >= 15 is 0 Å². The van der Waals surface area contributed by atoms with Crippen molar-refractivity contribution in [1.82, 2.24) is 19.8 Å². The topological polar surface area (TPSA) is 76.5 Å². The highest BCUT2D eigenvalue weighted by atomic mass is 19.4. The summed E-state index contributed by atoms with van der Waals surface area (Å²) in [4.78, 5) is 31.8. The molecule has 1 unspecified atom stereocenters. The molecule has 178 valence electrons. The maximum atomic E-state index is 13.5. The molecule has 10 heteroatoms. The minimum Gasteiger partial charge on any atom is -0.373 e. The molecule has 0 spiro atoms. The number of fused-ring (bicyclic) bond motifs is 1. The van der Waals surface area contributed by atoms with Gasteiger partial charge in [-0.3, -0.25) is 14.6 Å². The Morgan fingerprint density at radius 2 is 2.12 bits per heavy atom. The van der Waals surface area contributed by atoms with Crippen molar-refractivity contribution >= 4 is 11.8 Å². The van der Waals surface area contributed by atoms with Crippen LogP contribution in [0, 0.1) is 0 Å². The highest BCUT2D eigenvalue weighted by molar-refractivity contribution is 6.01.